The molecular formula is C20H20ClN3O. The molecule has 0 saturated carbocycles. The minimum absolute atomic E-state index is 0.121. The zero-order chi connectivity index (χ0) is 18.0. The molecule has 25 heavy (non-hydrogen) atoms. The fourth-order valence-electron chi connectivity index (χ4n) is 3.21. The molecule has 0 fully saturated rings. The lowest BCUT2D eigenvalue weighted by Crippen LogP contribution is -2.23. The van der Waals surface area contributed by atoms with Crippen LogP contribution in [-0.2, 0) is 5.41 Å². The van der Waals surface area contributed by atoms with Crippen molar-refractivity contribution in [2.24, 2.45) is 5.10 Å². The van der Waals surface area contributed by atoms with Crippen molar-refractivity contribution in [1.82, 2.24) is 5.43 Å². The Kier molecular flexibility index (Phi) is 4.64. The van der Waals surface area contributed by atoms with E-state index in [2.05, 4.69) is 47.5 Å². The van der Waals surface area contributed by atoms with Gasteiger partial charge in [0.05, 0.1) is 10.6 Å². The molecule has 1 N–H and O–H groups in total. The number of rotatable bonds is 3. The van der Waals surface area contributed by atoms with E-state index in [4.69, 9.17) is 11.6 Å². The first-order chi connectivity index (χ1) is 11.9. The first-order valence-corrected chi connectivity index (χ1v) is 8.42. The zero-order valence-electron chi connectivity index (χ0n) is 14.5. The highest BCUT2D eigenvalue weighted by Gasteiger charge is 2.37. The van der Waals surface area contributed by atoms with Crippen LogP contribution >= 0.6 is 11.6 Å². The third-order valence-corrected chi connectivity index (χ3v) is 4.86. The standard InChI is InChI=1S/C20H20ClN3O/c1-20(2)15-9-5-7-11-17(15)24(3)18(20)12-13-22-23-19(25)14-8-4-6-10-16(14)21/h4-13H,1-3H3,(H,23,25). The predicted octanol–water partition coefficient (Wildman–Crippen LogP) is 4.37. The normalized spacial score (nSPS) is 17.1. The van der Waals surface area contributed by atoms with Crippen LogP contribution in [0.25, 0.3) is 0 Å². The summed E-state index contributed by atoms with van der Waals surface area (Å²) in [5.74, 6) is -0.331. The third kappa shape index (κ3) is 3.17. The number of anilines is 1. The molecule has 1 heterocycles. The minimum atomic E-state index is -0.331. The minimum Gasteiger partial charge on any atom is -0.347 e. The molecule has 0 saturated heterocycles. The van der Waals surface area contributed by atoms with Gasteiger partial charge in [-0.2, -0.15) is 5.10 Å². The number of hydrogen-bond acceptors (Lipinski definition) is 3. The second-order valence-electron chi connectivity index (χ2n) is 6.45. The number of benzene rings is 2. The Morgan fingerprint density at radius 3 is 2.56 bits per heavy atom. The highest BCUT2D eigenvalue weighted by atomic mass is 35.5. The molecule has 0 radical (unpaired) electrons. The van der Waals surface area contributed by atoms with Crippen molar-refractivity contribution in [1.29, 1.82) is 0 Å². The monoisotopic (exact) mass is 353 g/mol. The van der Waals surface area contributed by atoms with Crippen molar-refractivity contribution < 1.29 is 4.79 Å². The maximum Gasteiger partial charge on any atom is 0.272 e. The van der Waals surface area contributed by atoms with Crippen LogP contribution in [0.5, 0.6) is 0 Å². The van der Waals surface area contributed by atoms with Crippen LogP contribution in [0.2, 0.25) is 5.02 Å². The smallest absolute Gasteiger partial charge is 0.272 e. The summed E-state index contributed by atoms with van der Waals surface area (Å²) in [7, 11) is 2.04. The van der Waals surface area contributed by atoms with Gasteiger partial charge >= 0.3 is 0 Å². The number of fused-ring (bicyclic) bond motifs is 1. The summed E-state index contributed by atoms with van der Waals surface area (Å²) in [4.78, 5) is 14.2. The summed E-state index contributed by atoms with van der Waals surface area (Å²) in [6.07, 6.45) is 3.53. The topological polar surface area (TPSA) is 44.7 Å². The van der Waals surface area contributed by atoms with Crippen molar-refractivity contribution >= 4 is 29.4 Å². The molecule has 5 heteroatoms. The van der Waals surface area contributed by atoms with Crippen LogP contribution in [0.3, 0.4) is 0 Å². The van der Waals surface area contributed by atoms with Gasteiger partial charge in [-0.05, 0) is 29.8 Å². The molecule has 4 nitrogen and oxygen atoms in total. The van der Waals surface area contributed by atoms with Crippen molar-refractivity contribution in [2.45, 2.75) is 19.3 Å². The number of amides is 1. The van der Waals surface area contributed by atoms with Gasteiger partial charge in [0, 0.05) is 30.1 Å². The average Bonchev–Trinajstić information content (AvgIpc) is 2.79. The lowest BCUT2D eigenvalue weighted by atomic mass is 9.84. The summed E-state index contributed by atoms with van der Waals surface area (Å²) < 4.78 is 0. The van der Waals surface area contributed by atoms with Gasteiger partial charge in [-0.3, -0.25) is 4.79 Å². The SMILES string of the molecule is CN1C(=CC=NNC(=O)c2ccccc2Cl)C(C)(C)c2ccccc21. The summed E-state index contributed by atoms with van der Waals surface area (Å²) in [6, 6.07) is 15.2. The Morgan fingerprint density at radius 1 is 1.16 bits per heavy atom. The third-order valence-electron chi connectivity index (χ3n) is 4.53. The number of allylic oxidation sites excluding steroid dienone is 2. The molecule has 2 aromatic rings. The van der Waals surface area contributed by atoms with E-state index >= 15 is 0 Å². The average molecular weight is 354 g/mol. The maximum atomic E-state index is 12.1. The summed E-state index contributed by atoms with van der Waals surface area (Å²) in [5.41, 5.74) is 6.37. The van der Waals surface area contributed by atoms with Crippen LogP contribution in [-0.4, -0.2) is 19.2 Å². The van der Waals surface area contributed by atoms with Gasteiger partial charge in [-0.1, -0.05) is 55.8 Å². The van der Waals surface area contributed by atoms with Crippen molar-refractivity contribution in [3.63, 3.8) is 0 Å². The highest BCUT2D eigenvalue weighted by molar-refractivity contribution is 6.33. The number of carbonyl (C=O) groups is 1. The van der Waals surface area contributed by atoms with Crippen LogP contribution in [0.4, 0.5) is 5.69 Å². The molecule has 1 aliphatic rings. The van der Waals surface area contributed by atoms with Gasteiger partial charge in [0.15, 0.2) is 0 Å². The van der Waals surface area contributed by atoms with Gasteiger partial charge in [0.1, 0.15) is 0 Å². The van der Waals surface area contributed by atoms with Crippen LogP contribution < -0.4 is 10.3 Å². The molecule has 0 spiro atoms. The number of hydrogen-bond donors (Lipinski definition) is 1. The van der Waals surface area contributed by atoms with Crippen molar-refractivity contribution in [3.8, 4) is 0 Å². The molecule has 1 amide bonds. The van der Waals surface area contributed by atoms with E-state index in [0.29, 0.717) is 10.6 Å². The number of likely N-dealkylation sites (N-methyl/N-ethyl adjacent to an activating group) is 1. The van der Waals surface area contributed by atoms with Crippen LogP contribution in [0.1, 0.15) is 29.8 Å². The zero-order valence-corrected chi connectivity index (χ0v) is 15.2. The van der Waals surface area contributed by atoms with E-state index in [1.807, 2.05) is 19.2 Å². The van der Waals surface area contributed by atoms with Crippen molar-refractivity contribution in [3.05, 3.63) is 76.5 Å². The number of carbonyl (C=O) groups excluding carboxylic acids is 1. The first kappa shape index (κ1) is 17.2. The Bertz CT molecular complexity index is 871. The lowest BCUT2D eigenvalue weighted by molar-refractivity contribution is 0.0955. The molecule has 128 valence electrons. The molecule has 0 atom stereocenters. The van der Waals surface area contributed by atoms with E-state index in [1.54, 1.807) is 30.5 Å². The highest BCUT2D eigenvalue weighted by Crippen LogP contribution is 2.46. The Hall–Kier alpha value is -2.59. The largest absolute Gasteiger partial charge is 0.347 e. The number of para-hydroxylation sites is 1. The Balaban J connectivity index is 1.75. The Morgan fingerprint density at radius 2 is 1.84 bits per heavy atom. The molecule has 2 aromatic carbocycles. The fraction of sp³-hybridized carbons (Fsp3) is 0.200. The van der Waals surface area contributed by atoms with E-state index in [-0.39, 0.29) is 11.3 Å². The summed E-state index contributed by atoms with van der Waals surface area (Å²) in [5, 5.41) is 4.43. The molecule has 0 aromatic heterocycles. The maximum absolute atomic E-state index is 12.1. The lowest BCUT2D eigenvalue weighted by Gasteiger charge is -2.23. The van der Waals surface area contributed by atoms with Gasteiger partial charge in [-0.25, -0.2) is 5.43 Å². The number of halogens is 1. The number of hydrazone groups is 1. The second-order valence-corrected chi connectivity index (χ2v) is 6.86. The quantitative estimate of drug-likeness (QED) is 0.658. The Labute approximate surface area is 152 Å². The molecule has 0 unspecified atom stereocenters. The van der Waals surface area contributed by atoms with Crippen LogP contribution in [0.15, 0.2) is 65.4 Å². The van der Waals surface area contributed by atoms with Gasteiger partial charge in [0.25, 0.3) is 5.91 Å². The van der Waals surface area contributed by atoms with Crippen LogP contribution in [0, 0.1) is 0 Å². The molecule has 0 aliphatic carbocycles. The first-order valence-electron chi connectivity index (χ1n) is 8.05. The summed E-state index contributed by atoms with van der Waals surface area (Å²) >= 11 is 6.01. The van der Waals surface area contributed by atoms with E-state index in [9.17, 15) is 4.79 Å². The number of nitrogens with one attached hydrogen (secondary N) is 1. The second kappa shape index (κ2) is 6.73. The van der Waals surface area contributed by atoms with Gasteiger partial charge in [0.2, 0.25) is 0 Å². The van der Waals surface area contributed by atoms with E-state index in [1.165, 1.54) is 11.3 Å². The van der Waals surface area contributed by atoms with Crippen molar-refractivity contribution in [2.75, 3.05) is 11.9 Å². The molecule has 0 bridgehead atoms. The summed E-state index contributed by atoms with van der Waals surface area (Å²) in [6.45, 7) is 4.36. The molecule has 3 rings (SSSR count). The van der Waals surface area contributed by atoms with E-state index < -0.39 is 0 Å². The van der Waals surface area contributed by atoms with E-state index in [0.717, 1.165) is 5.70 Å². The molecule has 1 aliphatic heterocycles. The fourth-order valence-corrected chi connectivity index (χ4v) is 3.43. The van der Waals surface area contributed by atoms with Gasteiger partial charge in [-0.15, -0.1) is 0 Å². The molecular weight excluding hydrogens is 334 g/mol. The predicted molar refractivity (Wildman–Crippen MR) is 103 cm³/mol. The van der Waals surface area contributed by atoms with Gasteiger partial charge < -0.3 is 4.90 Å². The number of nitrogens with zero attached hydrogens (tertiary/aromatic N) is 2.